The van der Waals surface area contributed by atoms with E-state index in [9.17, 15) is 19.5 Å². The molecule has 0 saturated heterocycles. The second kappa shape index (κ2) is 26.0. The Kier molecular flexibility index (Phi) is 20.4. The standard InChI is InChI=1S/C44H59N5O9/c1-32(2)18-21-54-22-23-55-24-25-56-26-27-57-28-29-58-40-16-15-36(37-8-4-5-9-38(37)40)34-11-13-35(14-12-34)39(30-43(52)53)49-42(51)31-47-41(50)10-6-7-19-45-44-46-20-17-33(3)48-44/h4-5,8-9,11-17,20,32,39H,6-7,10,18-19,21-31H2,1-3H3,(H,47,50)(H,49,51)(H,52,53)(H,45,46,48)/t39-/m0/s1. The van der Waals surface area contributed by atoms with Crippen LogP contribution in [-0.4, -0.2) is 105 Å². The number of rotatable bonds is 29. The Labute approximate surface area is 341 Å². The van der Waals surface area contributed by atoms with Crippen molar-refractivity contribution in [3.8, 4) is 16.9 Å². The lowest BCUT2D eigenvalue weighted by Gasteiger charge is -2.19. The lowest BCUT2D eigenvalue weighted by molar-refractivity contribution is -0.138. The lowest BCUT2D eigenvalue weighted by Crippen LogP contribution is -2.39. The monoisotopic (exact) mass is 801 g/mol. The highest BCUT2D eigenvalue weighted by molar-refractivity contribution is 6.00. The maximum atomic E-state index is 12.8. The number of anilines is 1. The SMILES string of the molecule is Cc1ccnc(NCCCCC(=O)NCC(=O)N[C@@H](CC(=O)O)c2ccc(-c3ccc(OCCOCCOCCOCCOCCC(C)C)c4ccccc34)cc2)n1. The highest BCUT2D eigenvalue weighted by Crippen LogP contribution is 2.35. The molecule has 1 atom stereocenters. The number of amides is 2. The molecule has 0 fully saturated rings. The molecule has 0 unspecified atom stereocenters. The molecule has 314 valence electrons. The van der Waals surface area contributed by atoms with Crippen molar-refractivity contribution in [2.75, 3.05) is 77.9 Å². The van der Waals surface area contributed by atoms with E-state index in [1.54, 1.807) is 6.20 Å². The van der Waals surface area contributed by atoms with E-state index in [4.69, 9.17) is 23.7 Å². The molecule has 0 bridgehead atoms. The summed E-state index contributed by atoms with van der Waals surface area (Å²) in [5, 5.41) is 20.1. The van der Waals surface area contributed by atoms with Crippen LogP contribution in [0.1, 0.15) is 63.3 Å². The topological polar surface area (TPSA) is 179 Å². The number of carbonyl (C=O) groups excluding carboxylic acids is 2. The summed E-state index contributed by atoms with van der Waals surface area (Å²) in [4.78, 5) is 45.3. The van der Waals surface area contributed by atoms with Crippen LogP contribution in [0.25, 0.3) is 21.9 Å². The molecule has 0 aliphatic carbocycles. The smallest absolute Gasteiger partial charge is 0.305 e. The van der Waals surface area contributed by atoms with Crippen molar-refractivity contribution < 1.29 is 43.2 Å². The number of nitrogens with one attached hydrogen (secondary N) is 3. The van der Waals surface area contributed by atoms with Crippen LogP contribution in [0.3, 0.4) is 0 Å². The molecule has 3 aromatic carbocycles. The van der Waals surface area contributed by atoms with Gasteiger partial charge >= 0.3 is 5.97 Å². The van der Waals surface area contributed by atoms with Crippen LogP contribution in [0.5, 0.6) is 5.75 Å². The number of nitrogens with zero attached hydrogens (tertiary/aromatic N) is 2. The van der Waals surface area contributed by atoms with Gasteiger partial charge in [-0.2, -0.15) is 0 Å². The van der Waals surface area contributed by atoms with E-state index >= 15 is 0 Å². The Balaban J connectivity index is 1.18. The average Bonchev–Trinajstić information content (AvgIpc) is 3.21. The zero-order chi connectivity index (χ0) is 41.4. The summed E-state index contributed by atoms with van der Waals surface area (Å²) in [5.41, 5.74) is 3.40. The molecular weight excluding hydrogens is 743 g/mol. The highest BCUT2D eigenvalue weighted by atomic mass is 16.6. The van der Waals surface area contributed by atoms with Gasteiger partial charge in [-0.25, -0.2) is 9.97 Å². The van der Waals surface area contributed by atoms with Crippen molar-refractivity contribution in [2.24, 2.45) is 5.92 Å². The summed E-state index contributed by atoms with van der Waals surface area (Å²) < 4.78 is 28.4. The molecule has 1 heterocycles. The second-order valence-electron chi connectivity index (χ2n) is 14.2. The first-order valence-corrected chi connectivity index (χ1v) is 20.1. The second-order valence-corrected chi connectivity index (χ2v) is 14.2. The van der Waals surface area contributed by atoms with Crippen molar-refractivity contribution in [2.45, 2.75) is 58.9 Å². The molecule has 4 aromatic rings. The van der Waals surface area contributed by atoms with E-state index in [1.807, 2.05) is 73.7 Å². The van der Waals surface area contributed by atoms with Crippen molar-refractivity contribution in [1.82, 2.24) is 20.6 Å². The number of unbranched alkanes of at least 4 members (excludes halogenated alkanes) is 1. The molecule has 0 aliphatic heterocycles. The molecule has 1 aromatic heterocycles. The number of carboxylic acids is 1. The normalized spacial score (nSPS) is 11.7. The molecule has 58 heavy (non-hydrogen) atoms. The van der Waals surface area contributed by atoms with Crippen LogP contribution >= 0.6 is 0 Å². The Morgan fingerprint density at radius 1 is 0.741 bits per heavy atom. The van der Waals surface area contributed by atoms with Gasteiger partial charge in [0.25, 0.3) is 0 Å². The number of hydrogen-bond donors (Lipinski definition) is 4. The van der Waals surface area contributed by atoms with Gasteiger partial charge in [0.15, 0.2) is 0 Å². The number of fused-ring (bicyclic) bond motifs is 1. The van der Waals surface area contributed by atoms with Crippen LogP contribution in [0, 0.1) is 12.8 Å². The Morgan fingerprint density at radius 2 is 1.40 bits per heavy atom. The number of ether oxygens (including phenoxy) is 5. The van der Waals surface area contributed by atoms with Gasteiger partial charge in [0.05, 0.1) is 65.3 Å². The molecule has 0 saturated carbocycles. The minimum absolute atomic E-state index is 0.253. The molecule has 4 N–H and O–H groups in total. The van der Waals surface area contributed by atoms with Gasteiger partial charge in [-0.3, -0.25) is 14.4 Å². The largest absolute Gasteiger partial charge is 0.491 e. The van der Waals surface area contributed by atoms with Gasteiger partial charge in [-0.15, -0.1) is 0 Å². The summed E-state index contributed by atoms with van der Waals surface area (Å²) in [6.45, 7) is 11.2. The summed E-state index contributed by atoms with van der Waals surface area (Å²) in [5.74, 6) is 0.133. The first-order valence-electron chi connectivity index (χ1n) is 20.1. The number of aryl methyl sites for hydroxylation is 1. The van der Waals surface area contributed by atoms with Crippen LogP contribution < -0.4 is 20.7 Å². The number of aromatic nitrogens is 2. The highest BCUT2D eigenvalue weighted by Gasteiger charge is 2.19. The number of hydrogen-bond acceptors (Lipinski definition) is 11. The maximum absolute atomic E-state index is 12.8. The summed E-state index contributed by atoms with van der Waals surface area (Å²) >= 11 is 0. The number of benzene rings is 3. The molecule has 0 aliphatic rings. The Morgan fingerprint density at radius 3 is 2.05 bits per heavy atom. The van der Waals surface area contributed by atoms with Gasteiger partial charge in [0.1, 0.15) is 12.4 Å². The summed E-state index contributed by atoms with van der Waals surface area (Å²) in [6.07, 6.45) is 4.02. The van der Waals surface area contributed by atoms with Crippen LogP contribution in [0.4, 0.5) is 5.95 Å². The molecular formula is C44H59N5O9. The first-order chi connectivity index (χ1) is 28.2. The van der Waals surface area contributed by atoms with E-state index in [1.165, 1.54) is 0 Å². The van der Waals surface area contributed by atoms with Gasteiger partial charge in [-0.1, -0.05) is 68.4 Å². The third-order valence-corrected chi connectivity index (χ3v) is 9.02. The van der Waals surface area contributed by atoms with Crippen LogP contribution in [-0.2, 0) is 33.3 Å². The maximum Gasteiger partial charge on any atom is 0.305 e. The van der Waals surface area contributed by atoms with E-state index in [-0.39, 0.29) is 25.3 Å². The van der Waals surface area contributed by atoms with Gasteiger partial charge < -0.3 is 44.7 Å². The van der Waals surface area contributed by atoms with Gasteiger partial charge in [0.2, 0.25) is 17.8 Å². The number of carboxylic acid groups (broad SMARTS) is 1. The quantitative estimate of drug-likeness (QED) is 0.0463. The van der Waals surface area contributed by atoms with Gasteiger partial charge in [-0.05, 0) is 66.3 Å². The number of aliphatic carboxylic acids is 1. The fourth-order valence-electron chi connectivity index (χ4n) is 5.92. The number of carbonyl (C=O) groups is 3. The molecule has 14 heteroatoms. The van der Waals surface area contributed by atoms with Crippen molar-refractivity contribution in [3.63, 3.8) is 0 Å². The molecule has 14 nitrogen and oxygen atoms in total. The van der Waals surface area contributed by atoms with Crippen molar-refractivity contribution in [1.29, 1.82) is 0 Å². The summed E-state index contributed by atoms with van der Waals surface area (Å²) in [7, 11) is 0. The minimum Gasteiger partial charge on any atom is -0.491 e. The predicted molar refractivity (Wildman–Crippen MR) is 223 cm³/mol. The third-order valence-electron chi connectivity index (χ3n) is 9.02. The van der Waals surface area contributed by atoms with Crippen LogP contribution in [0.2, 0.25) is 0 Å². The molecule has 0 radical (unpaired) electrons. The van der Waals surface area contributed by atoms with Gasteiger partial charge in [0, 0.05) is 36.8 Å². The van der Waals surface area contributed by atoms with Crippen LogP contribution in [0.15, 0.2) is 72.9 Å². The Hall–Kier alpha value is -5.15. The van der Waals surface area contributed by atoms with E-state index in [0.29, 0.717) is 83.3 Å². The van der Waals surface area contributed by atoms with Crippen molar-refractivity contribution >= 4 is 34.5 Å². The average molecular weight is 802 g/mol. The van der Waals surface area contributed by atoms with Crippen molar-refractivity contribution in [3.05, 3.63) is 84.2 Å². The zero-order valence-electron chi connectivity index (χ0n) is 34.0. The fraction of sp³-hybridized carbons (Fsp3) is 0.477. The van der Waals surface area contributed by atoms with E-state index < -0.39 is 17.9 Å². The van der Waals surface area contributed by atoms with E-state index in [0.717, 1.165) is 52.8 Å². The third kappa shape index (κ3) is 17.1. The fourth-order valence-corrected chi connectivity index (χ4v) is 5.92. The first kappa shape index (κ1) is 45.6. The summed E-state index contributed by atoms with van der Waals surface area (Å²) in [6, 6.07) is 20.4. The Bertz CT molecular complexity index is 1840. The lowest BCUT2D eigenvalue weighted by atomic mass is 9.95. The molecule has 0 spiro atoms. The molecule has 4 rings (SSSR count). The van der Waals surface area contributed by atoms with E-state index in [2.05, 4.69) is 39.8 Å². The zero-order valence-corrected chi connectivity index (χ0v) is 34.0. The predicted octanol–water partition coefficient (Wildman–Crippen LogP) is 6.13. The minimum atomic E-state index is -1.06. The molecule has 2 amide bonds.